The molecule has 0 spiro atoms. The summed E-state index contributed by atoms with van der Waals surface area (Å²) in [5.41, 5.74) is 3.02. The Bertz CT molecular complexity index is 665. The van der Waals surface area contributed by atoms with Crippen LogP contribution in [-0.4, -0.2) is 59.4 Å². The number of aliphatic imine (C=N–C) groups is 1. The molecule has 3 aliphatic rings. The van der Waals surface area contributed by atoms with Gasteiger partial charge >= 0.3 is 11.9 Å². The van der Waals surface area contributed by atoms with Crippen molar-refractivity contribution in [2.24, 2.45) is 4.99 Å². The number of nitrogens with zero attached hydrogens (tertiary/aromatic N) is 2. The van der Waals surface area contributed by atoms with E-state index in [0.717, 1.165) is 19.6 Å². The molecule has 0 fully saturated rings. The van der Waals surface area contributed by atoms with Crippen molar-refractivity contribution in [3.05, 3.63) is 23.8 Å². The number of nitrogens with one attached hydrogen (secondary N) is 1. The molecular weight excluding hydrogens is 318 g/mol. The average molecular weight is 335 g/mol. The van der Waals surface area contributed by atoms with E-state index in [-0.39, 0.29) is 0 Å². The van der Waals surface area contributed by atoms with Gasteiger partial charge in [0.15, 0.2) is 0 Å². The van der Waals surface area contributed by atoms with Gasteiger partial charge in [0.05, 0.1) is 17.5 Å². The molecule has 0 bridgehead atoms. The van der Waals surface area contributed by atoms with Crippen LogP contribution < -0.4 is 10.2 Å². The molecule has 0 aromatic heterocycles. The van der Waals surface area contributed by atoms with E-state index in [4.69, 9.17) is 19.8 Å². The van der Waals surface area contributed by atoms with Crippen molar-refractivity contribution < 1.29 is 19.8 Å². The molecule has 7 nitrogen and oxygen atoms in total. The van der Waals surface area contributed by atoms with Crippen LogP contribution in [0.15, 0.2) is 28.1 Å². The normalized spacial score (nSPS) is 20.8. The van der Waals surface area contributed by atoms with E-state index in [1.807, 2.05) is 11.8 Å². The molecule has 0 aliphatic carbocycles. The van der Waals surface area contributed by atoms with E-state index in [1.54, 1.807) is 0 Å². The minimum Gasteiger partial charge on any atom is -0.473 e. The summed E-state index contributed by atoms with van der Waals surface area (Å²) in [6, 6.07) is 6.71. The van der Waals surface area contributed by atoms with Gasteiger partial charge in [-0.1, -0.05) is 12.1 Å². The summed E-state index contributed by atoms with van der Waals surface area (Å²) >= 11 is 1.98. The number of para-hydroxylation sites is 1. The summed E-state index contributed by atoms with van der Waals surface area (Å²) in [5, 5.41) is 18.7. The maximum atomic E-state index is 9.10. The van der Waals surface area contributed by atoms with Gasteiger partial charge in [-0.2, -0.15) is 0 Å². The molecule has 23 heavy (non-hydrogen) atoms. The highest BCUT2D eigenvalue weighted by molar-refractivity contribution is 8.01. The Morgan fingerprint density at radius 3 is 2.74 bits per heavy atom. The lowest BCUT2D eigenvalue weighted by molar-refractivity contribution is -0.159. The van der Waals surface area contributed by atoms with Crippen molar-refractivity contribution in [2.45, 2.75) is 16.6 Å². The van der Waals surface area contributed by atoms with Crippen LogP contribution in [0, 0.1) is 0 Å². The summed E-state index contributed by atoms with van der Waals surface area (Å²) in [5.74, 6) is -2.44. The summed E-state index contributed by atoms with van der Waals surface area (Å²) in [6.45, 7) is 4.25. The van der Waals surface area contributed by atoms with Gasteiger partial charge in [-0.05, 0) is 18.1 Å². The summed E-state index contributed by atoms with van der Waals surface area (Å²) in [6.07, 6.45) is 1.20. The minimum atomic E-state index is -1.82. The molecular formula is C15H17N3O4S. The highest BCUT2D eigenvalue weighted by Crippen LogP contribution is 2.44. The van der Waals surface area contributed by atoms with Gasteiger partial charge in [0.2, 0.25) is 0 Å². The van der Waals surface area contributed by atoms with Gasteiger partial charge in [-0.3, -0.25) is 4.99 Å². The average Bonchev–Trinajstić information content (AvgIpc) is 3.19. The molecule has 0 saturated carbocycles. The quantitative estimate of drug-likeness (QED) is 0.649. The van der Waals surface area contributed by atoms with Gasteiger partial charge in [0.1, 0.15) is 5.84 Å². The van der Waals surface area contributed by atoms with Crippen molar-refractivity contribution in [3.8, 4) is 0 Å². The van der Waals surface area contributed by atoms with Crippen LogP contribution in [0.4, 0.5) is 5.69 Å². The van der Waals surface area contributed by atoms with Crippen molar-refractivity contribution in [1.82, 2.24) is 5.32 Å². The highest BCUT2D eigenvalue weighted by atomic mass is 32.2. The van der Waals surface area contributed by atoms with Crippen molar-refractivity contribution >= 4 is 35.2 Å². The van der Waals surface area contributed by atoms with Gasteiger partial charge in [-0.25, -0.2) is 9.59 Å². The molecule has 1 unspecified atom stereocenters. The lowest BCUT2D eigenvalue weighted by Crippen LogP contribution is -2.41. The monoisotopic (exact) mass is 335 g/mol. The fourth-order valence-corrected chi connectivity index (χ4v) is 4.30. The van der Waals surface area contributed by atoms with E-state index in [1.165, 1.54) is 34.9 Å². The topological polar surface area (TPSA) is 102 Å². The van der Waals surface area contributed by atoms with E-state index in [2.05, 4.69) is 33.4 Å². The third-order valence-electron chi connectivity index (χ3n) is 3.89. The van der Waals surface area contributed by atoms with Gasteiger partial charge in [0.25, 0.3) is 0 Å². The first-order valence-corrected chi connectivity index (χ1v) is 8.22. The number of carboxylic acid groups (broad SMARTS) is 2. The molecule has 1 atom stereocenters. The van der Waals surface area contributed by atoms with Gasteiger partial charge in [-0.15, -0.1) is 11.8 Å². The maximum absolute atomic E-state index is 9.10. The number of hydrogen-bond donors (Lipinski definition) is 3. The van der Waals surface area contributed by atoms with Crippen molar-refractivity contribution in [1.29, 1.82) is 0 Å². The Hall–Kier alpha value is -2.22. The van der Waals surface area contributed by atoms with E-state index in [9.17, 15) is 0 Å². The molecule has 1 aromatic rings. The largest absolute Gasteiger partial charge is 0.473 e. The van der Waals surface area contributed by atoms with E-state index >= 15 is 0 Å². The number of carboxylic acids is 2. The number of hydrogen-bond acceptors (Lipinski definition) is 6. The van der Waals surface area contributed by atoms with Crippen molar-refractivity contribution in [2.75, 3.05) is 31.1 Å². The molecule has 4 rings (SSSR count). The lowest BCUT2D eigenvalue weighted by Gasteiger charge is -2.32. The first-order valence-electron chi connectivity index (χ1n) is 7.34. The van der Waals surface area contributed by atoms with E-state index in [0.29, 0.717) is 5.25 Å². The maximum Gasteiger partial charge on any atom is 0.414 e. The van der Waals surface area contributed by atoms with Crippen LogP contribution >= 0.6 is 11.8 Å². The number of aliphatic carboxylic acids is 2. The molecule has 3 heterocycles. The molecule has 0 amide bonds. The van der Waals surface area contributed by atoms with Crippen molar-refractivity contribution in [3.63, 3.8) is 0 Å². The van der Waals surface area contributed by atoms with Crippen LogP contribution in [0.1, 0.15) is 5.56 Å². The summed E-state index contributed by atoms with van der Waals surface area (Å²) in [7, 11) is 0. The molecule has 0 saturated heterocycles. The minimum absolute atomic E-state index is 0.498. The molecule has 8 heteroatoms. The second kappa shape index (κ2) is 6.49. The predicted molar refractivity (Wildman–Crippen MR) is 87.6 cm³/mol. The predicted octanol–water partition coefficient (Wildman–Crippen LogP) is 0.681. The molecule has 1 aromatic carbocycles. The third kappa shape index (κ3) is 3.26. The Morgan fingerprint density at radius 2 is 2.09 bits per heavy atom. The molecule has 3 N–H and O–H groups in total. The SMILES string of the molecule is O=C(O)C(=O)O.c1cc2c3c(c1)SC(C1=NCCN1)CN3CC2. The first-order chi connectivity index (χ1) is 11.1. The Morgan fingerprint density at radius 1 is 1.30 bits per heavy atom. The number of thioether (sulfide) groups is 1. The van der Waals surface area contributed by atoms with Crippen LogP contribution in [0.25, 0.3) is 0 Å². The number of amidine groups is 1. The zero-order valence-corrected chi connectivity index (χ0v) is 13.2. The Kier molecular flexibility index (Phi) is 4.42. The highest BCUT2D eigenvalue weighted by Gasteiger charge is 2.33. The zero-order chi connectivity index (χ0) is 16.4. The summed E-state index contributed by atoms with van der Waals surface area (Å²) in [4.78, 5) is 26.7. The Labute approximate surface area is 137 Å². The van der Waals surface area contributed by atoms with Gasteiger partial charge in [0, 0.05) is 24.5 Å². The van der Waals surface area contributed by atoms with Gasteiger partial charge < -0.3 is 20.4 Å². The van der Waals surface area contributed by atoms with Crippen LogP contribution in [0.3, 0.4) is 0 Å². The van der Waals surface area contributed by atoms with Crippen LogP contribution in [-0.2, 0) is 16.0 Å². The number of benzene rings is 1. The van der Waals surface area contributed by atoms with Crippen LogP contribution in [0.5, 0.6) is 0 Å². The number of carbonyl (C=O) groups is 2. The zero-order valence-electron chi connectivity index (χ0n) is 12.4. The fraction of sp³-hybridized carbons (Fsp3) is 0.400. The lowest BCUT2D eigenvalue weighted by atomic mass is 10.2. The summed E-state index contributed by atoms with van der Waals surface area (Å²) < 4.78 is 0. The Balaban J connectivity index is 0.000000227. The number of rotatable bonds is 1. The van der Waals surface area contributed by atoms with Crippen LogP contribution in [0.2, 0.25) is 0 Å². The first kappa shape index (κ1) is 15.7. The second-order valence-electron chi connectivity index (χ2n) is 5.37. The van der Waals surface area contributed by atoms with E-state index < -0.39 is 11.9 Å². The molecule has 0 radical (unpaired) electrons. The molecule has 3 aliphatic heterocycles. The standard InChI is InChI=1S/C13H15N3S.C2H2O4/c1-2-9-4-7-16-8-11(13-14-5-6-15-13)17-10(3-1)12(9)16;3-1(4)2(5)6/h1-3,11H,4-8H2,(H,14,15);(H,3,4)(H,5,6). The fourth-order valence-electron chi connectivity index (χ4n) is 2.94. The smallest absolute Gasteiger partial charge is 0.414 e. The third-order valence-corrected chi connectivity index (χ3v) is 5.13. The second-order valence-corrected chi connectivity index (χ2v) is 6.61. The molecule has 122 valence electrons. The number of anilines is 1.